The van der Waals surface area contributed by atoms with E-state index in [9.17, 15) is 22.8 Å². The summed E-state index contributed by atoms with van der Waals surface area (Å²) in [4.78, 5) is 26.0. The largest absolute Gasteiger partial charge is 0.573 e. The summed E-state index contributed by atoms with van der Waals surface area (Å²) >= 11 is 0. The molecule has 3 N–H and O–H groups in total. The number of carbonyl (C=O) groups excluding carboxylic acids is 2. The van der Waals surface area contributed by atoms with E-state index in [1.165, 1.54) is 22.8 Å². The highest BCUT2D eigenvalue weighted by Gasteiger charge is 2.31. The van der Waals surface area contributed by atoms with Gasteiger partial charge in [0, 0.05) is 24.5 Å². The topological polar surface area (TPSA) is 102 Å². The molecule has 32 heavy (non-hydrogen) atoms. The summed E-state index contributed by atoms with van der Waals surface area (Å²) in [6.45, 7) is 3.97. The summed E-state index contributed by atoms with van der Waals surface area (Å²) in [5.41, 5.74) is 7.47. The van der Waals surface area contributed by atoms with E-state index in [2.05, 4.69) is 15.2 Å². The van der Waals surface area contributed by atoms with E-state index in [1.807, 2.05) is 13.8 Å². The standard InChI is InChI=1S/C21H22F3N5O3/c1-13(2)28(12-14-7-8-29-18(9-14)17(10-27-29)20(25)31)19(30)11-26-15-3-5-16(6-4-15)32-21(22,23)24/h3-10,13,26H,11-12H2,1-2H3,(H2,25,31). The summed E-state index contributed by atoms with van der Waals surface area (Å²) in [6.07, 6.45) is -1.69. The molecule has 2 amide bonds. The molecule has 2 aromatic heterocycles. The fraction of sp³-hybridized carbons (Fsp3) is 0.286. The Balaban J connectivity index is 1.67. The number of ether oxygens (including phenoxy) is 1. The highest BCUT2D eigenvalue weighted by molar-refractivity contribution is 5.99. The van der Waals surface area contributed by atoms with E-state index in [1.54, 1.807) is 23.2 Å². The first kappa shape index (κ1) is 22.9. The molecule has 0 radical (unpaired) electrons. The summed E-state index contributed by atoms with van der Waals surface area (Å²) in [5.74, 6) is -1.15. The number of aromatic nitrogens is 2. The molecule has 0 saturated heterocycles. The summed E-state index contributed by atoms with van der Waals surface area (Å²) in [6, 6.07) is 8.54. The first-order valence-electron chi connectivity index (χ1n) is 9.68. The molecule has 8 nitrogen and oxygen atoms in total. The van der Waals surface area contributed by atoms with E-state index < -0.39 is 12.3 Å². The van der Waals surface area contributed by atoms with Gasteiger partial charge in [0.05, 0.1) is 23.8 Å². The highest BCUT2D eigenvalue weighted by atomic mass is 19.4. The number of halogens is 3. The van der Waals surface area contributed by atoms with Crippen molar-refractivity contribution in [1.82, 2.24) is 14.5 Å². The van der Waals surface area contributed by atoms with Gasteiger partial charge in [-0.25, -0.2) is 4.52 Å². The van der Waals surface area contributed by atoms with Crippen LogP contribution in [0.4, 0.5) is 18.9 Å². The van der Waals surface area contributed by atoms with E-state index in [0.29, 0.717) is 11.2 Å². The van der Waals surface area contributed by atoms with Gasteiger partial charge in [0.25, 0.3) is 5.91 Å². The second-order valence-electron chi connectivity index (χ2n) is 7.33. The zero-order valence-corrected chi connectivity index (χ0v) is 17.4. The van der Waals surface area contributed by atoms with Crippen molar-refractivity contribution in [3.63, 3.8) is 0 Å². The number of primary amides is 1. The van der Waals surface area contributed by atoms with Crippen molar-refractivity contribution in [3.8, 4) is 5.75 Å². The zero-order valence-electron chi connectivity index (χ0n) is 17.4. The van der Waals surface area contributed by atoms with Crippen molar-refractivity contribution in [1.29, 1.82) is 0 Å². The number of hydrogen-bond acceptors (Lipinski definition) is 5. The smallest absolute Gasteiger partial charge is 0.406 e. The third-order valence-electron chi connectivity index (χ3n) is 4.68. The third-order valence-corrected chi connectivity index (χ3v) is 4.68. The molecule has 0 atom stereocenters. The van der Waals surface area contributed by atoms with Crippen molar-refractivity contribution in [2.75, 3.05) is 11.9 Å². The average molecular weight is 449 g/mol. The molecule has 0 aliphatic carbocycles. The van der Waals surface area contributed by atoms with Crippen molar-refractivity contribution < 1.29 is 27.5 Å². The summed E-state index contributed by atoms with van der Waals surface area (Å²) < 4.78 is 42.1. The van der Waals surface area contributed by atoms with Crippen LogP contribution in [0, 0.1) is 0 Å². The Hall–Kier alpha value is -3.76. The van der Waals surface area contributed by atoms with E-state index in [4.69, 9.17) is 5.73 Å². The number of nitrogens with zero attached hydrogens (tertiary/aromatic N) is 3. The van der Waals surface area contributed by atoms with Crippen molar-refractivity contribution in [3.05, 3.63) is 59.9 Å². The SMILES string of the molecule is CC(C)N(Cc1ccn2ncc(C(N)=O)c2c1)C(=O)CNc1ccc(OC(F)(F)F)cc1. The van der Waals surface area contributed by atoms with Crippen LogP contribution < -0.4 is 15.8 Å². The predicted octanol–water partition coefficient (Wildman–Crippen LogP) is 3.18. The maximum absolute atomic E-state index is 12.8. The molecule has 3 aromatic rings. The van der Waals surface area contributed by atoms with Gasteiger partial charge in [-0.3, -0.25) is 9.59 Å². The van der Waals surface area contributed by atoms with E-state index in [-0.39, 0.29) is 36.4 Å². The average Bonchev–Trinajstić information content (AvgIpc) is 3.13. The first-order chi connectivity index (χ1) is 15.0. The van der Waals surface area contributed by atoms with Gasteiger partial charge in [0.2, 0.25) is 5.91 Å². The molecule has 0 saturated carbocycles. The predicted molar refractivity (Wildman–Crippen MR) is 111 cm³/mol. The van der Waals surface area contributed by atoms with Crippen molar-refractivity contribution in [2.45, 2.75) is 32.8 Å². The Morgan fingerprint density at radius 1 is 1.22 bits per heavy atom. The van der Waals surface area contributed by atoms with Crippen LogP contribution in [0.5, 0.6) is 5.75 Å². The summed E-state index contributed by atoms with van der Waals surface area (Å²) in [5, 5.41) is 6.97. The van der Waals surface area contributed by atoms with Gasteiger partial charge < -0.3 is 20.7 Å². The van der Waals surface area contributed by atoms with Crippen LogP contribution in [-0.2, 0) is 11.3 Å². The van der Waals surface area contributed by atoms with Gasteiger partial charge in [-0.05, 0) is 55.8 Å². The molecule has 3 rings (SSSR count). The van der Waals surface area contributed by atoms with Crippen molar-refractivity contribution >= 4 is 23.0 Å². The number of carbonyl (C=O) groups is 2. The minimum Gasteiger partial charge on any atom is -0.406 e. The number of alkyl halides is 3. The Bertz CT molecular complexity index is 1110. The minimum atomic E-state index is -4.76. The lowest BCUT2D eigenvalue weighted by Gasteiger charge is -2.27. The minimum absolute atomic E-state index is 0.0564. The molecule has 0 aliphatic rings. The molecule has 0 bridgehead atoms. The molecular weight excluding hydrogens is 427 g/mol. The van der Waals surface area contributed by atoms with Crippen LogP contribution in [0.2, 0.25) is 0 Å². The number of nitrogens with one attached hydrogen (secondary N) is 1. The zero-order chi connectivity index (χ0) is 23.5. The van der Waals surface area contributed by atoms with Crippen LogP contribution >= 0.6 is 0 Å². The molecule has 170 valence electrons. The lowest BCUT2D eigenvalue weighted by molar-refractivity contribution is -0.274. The molecule has 0 aliphatic heterocycles. The quantitative estimate of drug-likeness (QED) is 0.550. The molecule has 0 fully saturated rings. The monoisotopic (exact) mass is 449 g/mol. The number of pyridine rings is 1. The van der Waals surface area contributed by atoms with Crippen LogP contribution in [0.1, 0.15) is 29.8 Å². The van der Waals surface area contributed by atoms with Crippen molar-refractivity contribution in [2.24, 2.45) is 5.73 Å². The maximum atomic E-state index is 12.8. The third kappa shape index (κ3) is 5.68. The lowest BCUT2D eigenvalue weighted by atomic mass is 10.1. The molecule has 2 heterocycles. The lowest BCUT2D eigenvalue weighted by Crippen LogP contribution is -2.39. The fourth-order valence-corrected chi connectivity index (χ4v) is 3.12. The normalized spacial score (nSPS) is 11.6. The highest BCUT2D eigenvalue weighted by Crippen LogP contribution is 2.24. The Labute approximate surface area is 181 Å². The number of amides is 2. The molecule has 0 spiro atoms. The Morgan fingerprint density at radius 3 is 2.50 bits per heavy atom. The maximum Gasteiger partial charge on any atom is 0.573 e. The van der Waals surface area contributed by atoms with E-state index >= 15 is 0 Å². The molecular formula is C21H22F3N5O3. The number of benzene rings is 1. The van der Waals surface area contributed by atoms with Gasteiger partial charge >= 0.3 is 6.36 Å². The molecule has 11 heteroatoms. The van der Waals surface area contributed by atoms with Gasteiger partial charge in [0.15, 0.2) is 0 Å². The van der Waals surface area contributed by atoms with Gasteiger partial charge in [-0.15, -0.1) is 13.2 Å². The molecule has 0 unspecified atom stereocenters. The number of anilines is 1. The number of nitrogens with two attached hydrogens (primary N) is 1. The van der Waals surface area contributed by atoms with Crippen LogP contribution in [0.3, 0.4) is 0 Å². The van der Waals surface area contributed by atoms with Crippen LogP contribution in [0.15, 0.2) is 48.8 Å². The second-order valence-corrected chi connectivity index (χ2v) is 7.33. The first-order valence-corrected chi connectivity index (χ1v) is 9.68. The van der Waals surface area contributed by atoms with Crippen LogP contribution in [-0.4, -0.2) is 45.3 Å². The fourth-order valence-electron chi connectivity index (χ4n) is 3.12. The van der Waals surface area contributed by atoms with Gasteiger partial charge in [0.1, 0.15) is 5.75 Å². The number of fused-ring (bicyclic) bond motifs is 1. The van der Waals surface area contributed by atoms with Gasteiger partial charge in [-0.1, -0.05) is 0 Å². The Morgan fingerprint density at radius 2 is 1.91 bits per heavy atom. The number of hydrogen-bond donors (Lipinski definition) is 2. The van der Waals surface area contributed by atoms with Crippen LogP contribution in [0.25, 0.3) is 5.52 Å². The second kappa shape index (κ2) is 9.16. The Kier molecular flexibility index (Phi) is 6.56. The van der Waals surface area contributed by atoms with Gasteiger partial charge in [-0.2, -0.15) is 5.10 Å². The number of rotatable bonds is 8. The van der Waals surface area contributed by atoms with E-state index in [0.717, 1.165) is 17.7 Å². The summed E-state index contributed by atoms with van der Waals surface area (Å²) in [7, 11) is 0. The molecule has 1 aromatic carbocycles.